The number of aromatic nitrogens is 3. The maximum absolute atomic E-state index is 12.8. The first kappa shape index (κ1) is 15.5. The van der Waals surface area contributed by atoms with E-state index in [1.165, 1.54) is 15.9 Å². The van der Waals surface area contributed by atoms with Crippen molar-refractivity contribution in [3.63, 3.8) is 0 Å². The summed E-state index contributed by atoms with van der Waals surface area (Å²) >= 11 is 1.31. The minimum atomic E-state index is -0.245. The lowest BCUT2D eigenvalue weighted by Gasteiger charge is -2.03. The van der Waals surface area contributed by atoms with Crippen LogP contribution in [0.3, 0.4) is 0 Å². The van der Waals surface area contributed by atoms with Crippen molar-refractivity contribution in [2.75, 3.05) is 18.9 Å². The van der Waals surface area contributed by atoms with E-state index in [1.807, 2.05) is 18.2 Å². The Morgan fingerprint density at radius 2 is 1.75 bits per heavy atom. The molecule has 0 atom stereocenters. The van der Waals surface area contributed by atoms with Crippen LogP contribution < -0.4 is 29.8 Å². The lowest BCUT2D eigenvalue weighted by molar-refractivity contribution is 0.173. The van der Waals surface area contributed by atoms with Crippen molar-refractivity contribution < 1.29 is 18.9 Å². The summed E-state index contributed by atoms with van der Waals surface area (Å²) < 4.78 is 22.7. The molecule has 2 aliphatic rings. The molecule has 9 nitrogen and oxygen atoms in total. The minimum absolute atomic E-state index is 0.146. The number of hydrogen-bond donors (Lipinski definition) is 1. The number of hydrogen-bond acceptors (Lipinski definition) is 9. The van der Waals surface area contributed by atoms with Gasteiger partial charge in [-0.1, -0.05) is 17.4 Å². The molecule has 6 rings (SSSR count). The third kappa shape index (κ3) is 2.34. The summed E-state index contributed by atoms with van der Waals surface area (Å²) in [5, 5.41) is 8.63. The fraction of sp³-hybridized carbons (Fsp3) is 0.167. The van der Waals surface area contributed by atoms with Gasteiger partial charge in [-0.05, 0) is 23.8 Å². The fourth-order valence-corrected chi connectivity index (χ4v) is 3.99. The number of ether oxygens (including phenoxy) is 4. The first-order chi connectivity index (χ1) is 13.7. The Labute approximate surface area is 161 Å². The second-order valence-electron chi connectivity index (χ2n) is 6.28. The molecular formula is C18H12N4O5S. The summed E-state index contributed by atoms with van der Waals surface area (Å²) in [5.74, 6) is 2.61. The van der Waals surface area contributed by atoms with E-state index in [9.17, 15) is 4.79 Å². The molecule has 2 aromatic heterocycles. The van der Waals surface area contributed by atoms with Crippen molar-refractivity contribution in [2.45, 2.75) is 6.54 Å². The summed E-state index contributed by atoms with van der Waals surface area (Å²) in [6, 6.07) is 9.12. The molecule has 2 aliphatic heterocycles. The molecule has 4 heterocycles. The predicted octanol–water partition coefficient (Wildman–Crippen LogP) is 2.37. The van der Waals surface area contributed by atoms with Crippen LogP contribution in [0, 0.1) is 0 Å². The summed E-state index contributed by atoms with van der Waals surface area (Å²) in [4.78, 5) is 17.9. The second-order valence-corrected chi connectivity index (χ2v) is 7.24. The number of rotatable bonds is 3. The lowest BCUT2D eigenvalue weighted by Crippen LogP contribution is -2.15. The van der Waals surface area contributed by atoms with E-state index in [-0.39, 0.29) is 19.1 Å². The summed E-state index contributed by atoms with van der Waals surface area (Å²) in [6.45, 7) is 0.917. The smallest absolute Gasteiger partial charge is 0.283 e. The zero-order valence-corrected chi connectivity index (χ0v) is 15.1. The third-order valence-electron chi connectivity index (χ3n) is 4.57. The van der Waals surface area contributed by atoms with E-state index in [1.54, 1.807) is 12.1 Å². The Morgan fingerprint density at radius 3 is 2.61 bits per heavy atom. The van der Waals surface area contributed by atoms with Gasteiger partial charge in [-0.3, -0.25) is 4.79 Å². The topological polar surface area (TPSA) is 96.2 Å². The number of nitrogens with one attached hydrogen (secondary N) is 1. The fourth-order valence-electron chi connectivity index (χ4n) is 3.20. The van der Waals surface area contributed by atoms with Gasteiger partial charge in [0.15, 0.2) is 23.0 Å². The molecule has 2 aromatic carbocycles. The molecule has 0 bridgehead atoms. The third-order valence-corrected chi connectivity index (χ3v) is 5.44. The molecule has 0 spiro atoms. The molecule has 0 amide bonds. The van der Waals surface area contributed by atoms with Crippen molar-refractivity contribution in [3.05, 3.63) is 46.2 Å². The van der Waals surface area contributed by atoms with Crippen LogP contribution in [0.5, 0.6) is 23.0 Å². The summed E-state index contributed by atoms with van der Waals surface area (Å²) in [5.41, 5.74) is 1.32. The van der Waals surface area contributed by atoms with E-state index < -0.39 is 0 Å². The zero-order chi connectivity index (χ0) is 18.7. The van der Waals surface area contributed by atoms with Gasteiger partial charge in [-0.15, -0.1) is 5.10 Å². The molecule has 0 radical (unpaired) electrons. The Morgan fingerprint density at radius 1 is 1.00 bits per heavy atom. The Bertz CT molecular complexity index is 1320. The van der Waals surface area contributed by atoms with E-state index in [0.717, 1.165) is 17.1 Å². The van der Waals surface area contributed by atoms with Crippen LogP contribution in [0.1, 0.15) is 5.56 Å². The van der Waals surface area contributed by atoms with Gasteiger partial charge >= 0.3 is 0 Å². The molecule has 140 valence electrons. The van der Waals surface area contributed by atoms with Gasteiger partial charge < -0.3 is 24.3 Å². The zero-order valence-electron chi connectivity index (χ0n) is 14.3. The molecule has 0 unspecified atom stereocenters. The van der Waals surface area contributed by atoms with Crippen molar-refractivity contribution >= 4 is 32.3 Å². The normalized spacial score (nSPS) is 14.1. The van der Waals surface area contributed by atoms with Crippen LogP contribution in [0.2, 0.25) is 0 Å². The number of fused-ring (bicyclic) bond motifs is 4. The van der Waals surface area contributed by atoms with Crippen molar-refractivity contribution in [3.8, 4) is 23.0 Å². The van der Waals surface area contributed by atoms with Crippen LogP contribution in [0.4, 0.5) is 5.13 Å². The molecule has 10 heteroatoms. The maximum Gasteiger partial charge on any atom is 0.283 e. The average molecular weight is 396 g/mol. The molecule has 0 aliphatic carbocycles. The number of benzene rings is 2. The molecule has 28 heavy (non-hydrogen) atoms. The maximum atomic E-state index is 12.8. The van der Waals surface area contributed by atoms with Crippen molar-refractivity contribution in [1.29, 1.82) is 0 Å². The first-order valence-electron chi connectivity index (χ1n) is 8.50. The summed E-state index contributed by atoms with van der Waals surface area (Å²) in [7, 11) is 0. The van der Waals surface area contributed by atoms with Crippen LogP contribution in [0.25, 0.3) is 15.9 Å². The van der Waals surface area contributed by atoms with Gasteiger partial charge in [0.05, 0.1) is 10.9 Å². The highest BCUT2D eigenvalue weighted by atomic mass is 32.1. The molecule has 0 saturated heterocycles. The van der Waals surface area contributed by atoms with Gasteiger partial charge in [-0.2, -0.15) is 4.52 Å². The van der Waals surface area contributed by atoms with Crippen LogP contribution in [-0.2, 0) is 6.54 Å². The number of anilines is 1. The van der Waals surface area contributed by atoms with E-state index >= 15 is 0 Å². The van der Waals surface area contributed by atoms with Crippen LogP contribution in [0.15, 0.2) is 35.1 Å². The highest BCUT2D eigenvalue weighted by Gasteiger charge is 2.19. The first-order valence-corrected chi connectivity index (χ1v) is 9.32. The average Bonchev–Trinajstić information content (AvgIpc) is 3.43. The lowest BCUT2D eigenvalue weighted by atomic mass is 10.2. The van der Waals surface area contributed by atoms with Crippen LogP contribution in [-0.4, -0.2) is 28.2 Å². The van der Waals surface area contributed by atoms with Crippen molar-refractivity contribution in [1.82, 2.24) is 14.6 Å². The predicted molar refractivity (Wildman–Crippen MR) is 101 cm³/mol. The molecule has 1 N–H and O–H groups in total. The van der Waals surface area contributed by atoms with Gasteiger partial charge in [0.2, 0.25) is 23.7 Å². The minimum Gasteiger partial charge on any atom is -0.454 e. The molecule has 0 saturated carbocycles. The quantitative estimate of drug-likeness (QED) is 0.564. The molecule has 4 aromatic rings. The van der Waals surface area contributed by atoms with Gasteiger partial charge in [0.25, 0.3) is 5.56 Å². The van der Waals surface area contributed by atoms with Gasteiger partial charge in [0.1, 0.15) is 0 Å². The van der Waals surface area contributed by atoms with E-state index in [0.29, 0.717) is 39.0 Å². The standard InChI is InChI=1S/C18H12N4O5S/c23-16-10-4-14-15(27-8-26-14)5-11(10)20-18-22(16)21-17(28-18)19-6-9-1-2-12-13(3-9)25-7-24-12/h1-5H,6-8H2,(H,19,21). The summed E-state index contributed by atoms with van der Waals surface area (Å²) in [6.07, 6.45) is 0. The van der Waals surface area contributed by atoms with E-state index in [2.05, 4.69) is 15.4 Å². The number of nitrogens with zero attached hydrogens (tertiary/aromatic N) is 3. The highest BCUT2D eigenvalue weighted by Crippen LogP contribution is 2.35. The SMILES string of the molecule is O=c1c2cc3c(cc2nc2sc(NCc4ccc5c(c4)OCO5)nn12)OCO3. The monoisotopic (exact) mass is 396 g/mol. The Balaban J connectivity index is 1.34. The second kappa shape index (κ2) is 5.73. The molecular weight excluding hydrogens is 384 g/mol. The highest BCUT2D eigenvalue weighted by molar-refractivity contribution is 7.20. The van der Waals surface area contributed by atoms with Crippen LogP contribution >= 0.6 is 11.3 Å². The van der Waals surface area contributed by atoms with Gasteiger partial charge in [-0.25, -0.2) is 4.98 Å². The largest absolute Gasteiger partial charge is 0.454 e. The Hall–Kier alpha value is -3.53. The van der Waals surface area contributed by atoms with E-state index in [4.69, 9.17) is 18.9 Å². The Kier molecular flexibility index (Phi) is 3.18. The molecule has 0 fully saturated rings. The van der Waals surface area contributed by atoms with Gasteiger partial charge in [0, 0.05) is 12.6 Å². The van der Waals surface area contributed by atoms with Crippen molar-refractivity contribution in [2.24, 2.45) is 0 Å².